The minimum absolute atomic E-state index is 0.0369. The third-order valence-corrected chi connectivity index (χ3v) is 7.32. The van der Waals surface area contributed by atoms with Gasteiger partial charge in [0.05, 0.1) is 35.5 Å². The molecule has 1 aromatic rings. The van der Waals surface area contributed by atoms with Gasteiger partial charge in [-0.25, -0.2) is 8.42 Å². The number of nitriles is 1. The van der Waals surface area contributed by atoms with E-state index >= 15 is 0 Å². The van der Waals surface area contributed by atoms with Crippen LogP contribution >= 0.6 is 0 Å². The van der Waals surface area contributed by atoms with Crippen molar-refractivity contribution in [3.8, 4) is 6.07 Å². The van der Waals surface area contributed by atoms with Gasteiger partial charge in [0.25, 0.3) is 0 Å². The van der Waals surface area contributed by atoms with E-state index in [1.807, 2.05) is 0 Å². The smallest absolute Gasteiger partial charge is 0.371 e. The van der Waals surface area contributed by atoms with Gasteiger partial charge in [0, 0.05) is 13.1 Å². The summed E-state index contributed by atoms with van der Waals surface area (Å²) in [5, 5.41) is 9.45. The average molecular weight is 402 g/mol. The molecule has 3 rings (SSSR count). The summed E-state index contributed by atoms with van der Waals surface area (Å²) in [5.74, 6) is -0.212. The second kappa shape index (κ2) is 7.41. The lowest BCUT2D eigenvalue weighted by Gasteiger charge is -2.34. The van der Waals surface area contributed by atoms with Crippen molar-refractivity contribution in [2.45, 2.75) is 38.0 Å². The van der Waals surface area contributed by atoms with E-state index in [1.54, 1.807) is 0 Å². The molecule has 1 saturated heterocycles. The number of nitrogens with zero attached hydrogens (tertiary/aromatic N) is 2. The molecule has 1 aliphatic carbocycles. The normalized spacial score (nSPS) is 23.9. The minimum atomic E-state index is -4.42. The lowest BCUT2D eigenvalue weighted by Crippen LogP contribution is -2.45. The van der Waals surface area contributed by atoms with Crippen LogP contribution in [-0.2, 0) is 20.9 Å². The third-order valence-electron chi connectivity index (χ3n) is 5.29. The van der Waals surface area contributed by atoms with Crippen molar-refractivity contribution in [2.24, 2.45) is 5.41 Å². The summed E-state index contributed by atoms with van der Waals surface area (Å²) >= 11 is 0. The Morgan fingerprint density at radius 3 is 2.41 bits per heavy atom. The maximum Gasteiger partial charge on any atom is 0.416 e. The van der Waals surface area contributed by atoms with Gasteiger partial charge in [-0.3, -0.25) is 0 Å². The summed E-state index contributed by atoms with van der Waals surface area (Å²) in [6, 6.07) is 6.76. The monoisotopic (exact) mass is 402 g/mol. The van der Waals surface area contributed by atoms with Crippen LogP contribution in [0.4, 0.5) is 13.2 Å². The molecule has 2 aliphatic rings. The highest BCUT2D eigenvalue weighted by atomic mass is 32.2. The zero-order chi connectivity index (χ0) is 19.7. The molecule has 27 heavy (non-hydrogen) atoms. The van der Waals surface area contributed by atoms with Crippen LogP contribution in [0.3, 0.4) is 0 Å². The van der Waals surface area contributed by atoms with Gasteiger partial charge in [-0.1, -0.05) is 25.0 Å². The van der Waals surface area contributed by atoms with E-state index in [4.69, 9.17) is 4.74 Å². The molecule has 9 heteroatoms. The SMILES string of the molecule is N#CC1(CS(=O)(=O)N2CCOC(c3ccc(C(F)(F)F)cc3)C2)CCCC1. The highest BCUT2D eigenvalue weighted by Gasteiger charge is 2.42. The van der Waals surface area contributed by atoms with Crippen molar-refractivity contribution in [3.05, 3.63) is 35.4 Å². The van der Waals surface area contributed by atoms with E-state index < -0.39 is 33.3 Å². The Morgan fingerprint density at radius 2 is 1.85 bits per heavy atom. The Hall–Kier alpha value is -1.63. The Balaban J connectivity index is 1.73. The molecule has 1 heterocycles. The number of morpholine rings is 1. The number of alkyl halides is 3. The minimum Gasteiger partial charge on any atom is -0.371 e. The lowest BCUT2D eigenvalue weighted by molar-refractivity contribution is -0.137. The van der Waals surface area contributed by atoms with Crippen LogP contribution in [0.25, 0.3) is 0 Å². The Morgan fingerprint density at radius 1 is 1.22 bits per heavy atom. The zero-order valence-electron chi connectivity index (χ0n) is 14.7. The van der Waals surface area contributed by atoms with Crippen LogP contribution in [0.5, 0.6) is 0 Å². The topological polar surface area (TPSA) is 70.4 Å². The molecule has 5 nitrogen and oxygen atoms in total. The van der Waals surface area contributed by atoms with Gasteiger partial charge in [0.15, 0.2) is 0 Å². The first-order valence-electron chi connectivity index (χ1n) is 8.83. The van der Waals surface area contributed by atoms with E-state index in [-0.39, 0.29) is 25.4 Å². The Kier molecular flexibility index (Phi) is 5.52. The molecule has 0 N–H and O–H groups in total. The van der Waals surface area contributed by atoms with Gasteiger partial charge in [-0.05, 0) is 30.5 Å². The lowest BCUT2D eigenvalue weighted by atomic mass is 9.91. The molecule has 0 amide bonds. The molecule has 1 atom stereocenters. The fourth-order valence-corrected chi connectivity index (χ4v) is 5.70. The second-order valence-electron chi connectivity index (χ2n) is 7.19. The zero-order valence-corrected chi connectivity index (χ0v) is 15.5. The summed E-state index contributed by atoms with van der Waals surface area (Å²) < 4.78 is 70.7. The number of ether oxygens (including phenoxy) is 1. The molecule has 0 radical (unpaired) electrons. The standard InChI is InChI=1S/C18H21F3N2O3S/c19-18(20,21)15-5-3-14(4-6-15)16-11-23(9-10-26-16)27(24,25)13-17(12-22)7-1-2-8-17/h3-6,16H,1-2,7-11,13H2. The highest BCUT2D eigenvalue weighted by molar-refractivity contribution is 7.89. The van der Waals surface area contributed by atoms with E-state index in [0.717, 1.165) is 25.0 Å². The van der Waals surface area contributed by atoms with Crippen LogP contribution in [0.1, 0.15) is 42.9 Å². The number of rotatable bonds is 4. The van der Waals surface area contributed by atoms with Crippen LogP contribution in [-0.4, -0.2) is 38.2 Å². The summed E-state index contributed by atoms with van der Waals surface area (Å²) in [4.78, 5) is 0. The van der Waals surface area contributed by atoms with Gasteiger partial charge in [0.2, 0.25) is 10.0 Å². The Bertz CT molecular complexity index is 810. The number of benzene rings is 1. The molecule has 1 aromatic carbocycles. The average Bonchev–Trinajstić information content (AvgIpc) is 3.09. The summed E-state index contributed by atoms with van der Waals surface area (Å²) in [6.07, 6.45) is -2.20. The summed E-state index contributed by atoms with van der Waals surface area (Å²) in [5.41, 5.74) is -1.09. The van der Waals surface area contributed by atoms with Crippen molar-refractivity contribution in [2.75, 3.05) is 25.4 Å². The van der Waals surface area contributed by atoms with Crippen molar-refractivity contribution in [3.63, 3.8) is 0 Å². The molecule has 2 fully saturated rings. The molecule has 1 aliphatic heterocycles. The van der Waals surface area contributed by atoms with Crippen LogP contribution in [0.2, 0.25) is 0 Å². The molecule has 1 saturated carbocycles. The molecule has 148 valence electrons. The molecule has 0 spiro atoms. The Labute approximate surface area is 156 Å². The largest absolute Gasteiger partial charge is 0.416 e. The second-order valence-corrected chi connectivity index (χ2v) is 9.16. The molecule has 0 aromatic heterocycles. The van der Waals surface area contributed by atoms with E-state index in [0.29, 0.717) is 18.4 Å². The van der Waals surface area contributed by atoms with Gasteiger partial charge in [0.1, 0.15) is 0 Å². The van der Waals surface area contributed by atoms with Crippen molar-refractivity contribution in [1.82, 2.24) is 4.31 Å². The third kappa shape index (κ3) is 4.45. The predicted molar refractivity (Wildman–Crippen MR) is 92.0 cm³/mol. The van der Waals surface area contributed by atoms with Gasteiger partial charge >= 0.3 is 6.18 Å². The van der Waals surface area contributed by atoms with E-state index in [9.17, 15) is 26.9 Å². The quantitative estimate of drug-likeness (QED) is 0.773. The van der Waals surface area contributed by atoms with Gasteiger partial charge < -0.3 is 4.74 Å². The van der Waals surface area contributed by atoms with Crippen LogP contribution in [0.15, 0.2) is 24.3 Å². The van der Waals surface area contributed by atoms with E-state index in [1.165, 1.54) is 16.4 Å². The van der Waals surface area contributed by atoms with Crippen molar-refractivity contribution < 1.29 is 26.3 Å². The fourth-order valence-electron chi connectivity index (χ4n) is 3.75. The first-order valence-corrected chi connectivity index (χ1v) is 10.4. The molecular formula is C18H21F3N2O3S. The van der Waals surface area contributed by atoms with E-state index in [2.05, 4.69) is 6.07 Å². The van der Waals surface area contributed by atoms with Gasteiger partial charge in [-0.15, -0.1) is 0 Å². The maximum atomic E-state index is 12.8. The number of hydrogen-bond donors (Lipinski definition) is 0. The maximum absolute atomic E-state index is 12.8. The fraction of sp³-hybridized carbons (Fsp3) is 0.611. The first kappa shape index (κ1) is 20.1. The van der Waals surface area contributed by atoms with Crippen LogP contribution in [0, 0.1) is 16.7 Å². The predicted octanol–water partition coefficient (Wildman–Crippen LogP) is 3.49. The van der Waals surface area contributed by atoms with Gasteiger partial charge in [-0.2, -0.15) is 22.7 Å². The molecule has 1 unspecified atom stereocenters. The van der Waals surface area contributed by atoms with Crippen molar-refractivity contribution in [1.29, 1.82) is 5.26 Å². The number of halogens is 3. The molecular weight excluding hydrogens is 381 g/mol. The van der Waals surface area contributed by atoms with Crippen molar-refractivity contribution >= 4 is 10.0 Å². The number of hydrogen-bond acceptors (Lipinski definition) is 4. The number of sulfonamides is 1. The first-order chi connectivity index (χ1) is 12.7. The highest BCUT2D eigenvalue weighted by Crippen LogP contribution is 2.39. The molecule has 0 bridgehead atoms. The summed E-state index contributed by atoms with van der Waals surface area (Å²) in [6.45, 7) is 0.376. The van der Waals surface area contributed by atoms with Crippen LogP contribution < -0.4 is 0 Å². The summed E-state index contributed by atoms with van der Waals surface area (Å²) in [7, 11) is -3.66.